The van der Waals surface area contributed by atoms with Gasteiger partial charge in [-0.1, -0.05) is 60.7 Å². The van der Waals surface area contributed by atoms with Crippen LogP contribution in [0.3, 0.4) is 0 Å². The van der Waals surface area contributed by atoms with E-state index in [1.165, 1.54) is 0 Å². The second-order valence-corrected chi connectivity index (χ2v) is 5.97. The molecule has 1 N–H and O–H groups in total. The fourth-order valence-electron chi connectivity index (χ4n) is 1.63. The molecule has 0 bridgehead atoms. The Morgan fingerprint density at radius 1 is 0.909 bits per heavy atom. The predicted molar refractivity (Wildman–Crippen MR) is 86.0 cm³/mol. The zero-order chi connectivity index (χ0) is 15.0. The Bertz CT molecular complexity index is 599. The molecule has 0 amide bonds. The molecule has 2 aromatic rings. The van der Waals surface area contributed by atoms with Gasteiger partial charge in [0.25, 0.3) is 0 Å². The molecule has 110 valence electrons. The van der Waals surface area contributed by atoms with Crippen LogP contribution in [0.15, 0.2) is 60.7 Å². The van der Waals surface area contributed by atoms with Gasteiger partial charge in [0.15, 0.2) is 6.19 Å². The summed E-state index contributed by atoms with van der Waals surface area (Å²) in [5.74, 6) is 0. The first kappa shape index (κ1) is 18.9. The molecule has 0 heterocycles. The van der Waals surface area contributed by atoms with Crippen molar-refractivity contribution in [2.75, 3.05) is 0 Å². The summed E-state index contributed by atoms with van der Waals surface area (Å²) in [7, 11) is -3.66. The Labute approximate surface area is 152 Å². The molecule has 0 fully saturated rings. The summed E-state index contributed by atoms with van der Waals surface area (Å²) in [6, 6.07) is 18.5. The van der Waals surface area contributed by atoms with Crippen molar-refractivity contribution >= 4 is 37.3 Å². The first-order valence-electron chi connectivity index (χ1n) is 6.35. The molecular formula is C15H16N2NaO3P. The SMILES string of the molecule is N#CNP(=O)(OCc1ccccc1)OCc1ccccc1.[NaH]. The predicted octanol–water partition coefficient (Wildman–Crippen LogP) is 2.95. The topological polar surface area (TPSA) is 71.4 Å². The van der Waals surface area contributed by atoms with E-state index in [0.717, 1.165) is 11.1 Å². The van der Waals surface area contributed by atoms with E-state index in [4.69, 9.17) is 14.3 Å². The normalized spacial score (nSPS) is 10.3. The number of hydrogen-bond donors (Lipinski definition) is 1. The molecule has 0 saturated heterocycles. The summed E-state index contributed by atoms with van der Waals surface area (Å²) in [5.41, 5.74) is 1.70. The first-order chi connectivity index (χ1) is 10.2. The Hall–Kier alpha value is -1.12. The summed E-state index contributed by atoms with van der Waals surface area (Å²) < 4.78 is 22.9. The molecular weight excluding hydrogens is 310 g/mol. The Balaban J connectivity index is 0.00000242. The minimum atomic E-state index is -3.66. The molecule has 0 atom stereocenters. The number of hydrogen-bond acceptors (Lipinski definition) is 4. The quantitative estimate of drug-likeness (QED) is 0.367. The Kier molecular flexibility index (Phi) is 8.44. The molecule has 0 aromatic heterocycles. The van der Waals surface area contributed by atoms with Gasteiger partial charge >= 0.3 is 37.3 Å². The van der Waals surface area contributed by atoms with Crippen LogP contribution in [-0.4, -0.2) is 29.6 Å². The van der Waals surface area contributed by atoms with Crippen LogP contribution in [0.5, 0.6) is 0 Å². The van der Waals surface area contributed by atoms with Gasteiger partial charge in [0, 0.05) is 0 Å². The summed E-state index contributed by atoms with van der Waals surface area (Å²) in [6.45, 7) is 0.198. The van der Waals surface area contributed by atoms with E-state index < -0.39 is 7.75 Å². The molecule has 5 nitrogen and oxygen atoms in total. The van der Waals surface area contributed by atoms with E-state index in [9.17, 15) is 4.57 Å². The van der Waals surface area contributed by atoms with Crippen molar-refractivity contribution in [3.8, 4) is 6.19 Å². The number of nitrogens with zero attached hydrogens (tertiary/aromatic N) is 1. The number of rotatable bonds is 7. The molecule has 0 aliphatic rings. The van der Waals surface area contributed by atoms with Crippen molar-refractivity contribution in [2.45, 2.75) is 13.2 Å². The van der Waals surface area contributed by atoms with Crippen LogP contribution < -0.4 is 5.09 Å². The van der Waals surface area contributed by atoms with Crippen molar-refractivity contribution < 1.29 is 13.6 Å². The van der Waals surface area contributed by atoms with Gasteiger partial charge in [0.1, 0.15) is 0 Å². The van der Waals surface area contributed by atoms with Gasteiger partial charge in [-0.25, -0.2) is 9.65 Å². The van der Waals surface area contributed by atoms with Crippen LogP contribution in [0.2, 0.25) is 0 Å². The van der Waals surface area contributed by atoms with Crippen molar-refractivity contribution in [3.05, 3.63) is 71.8 Å². The molecule has 22 heavy (non-hydrogen) atoms. The zero-order valence-corrected chi connectivity index (χ0v) is 12.2. The average Bonchev–Trinajstić information content (AvgIpc) is 2.54. The second-order valence-electron chi connectivity index (χ2n) is 4.24. The summed E-state index contributed by atoms with van der Waals surface area (Å²) >= 11 is 0. The van der Waals surface area contributed by atoms with Gasteiger partial charge < -0.3 is 0 Å². The number of benzene rings is 2. The van der Waals surface area contributed by atoms with Crippen LogP contribution >= 0.6 is 7.75 Å². The molecule has 0 saturated carbocycles. The maximum atomic E-state index is 12.4. The van der Waals surface area contributed by atoms with Crippen LogP contribution in [0.4, 0.5) is 0 Å². The minimum absolute atomic E-state index is 0. The van der Waals surface area contributed by atoms with Crippen molar-refractivity contribution in [1.82, 2.24) is 5.09 Å². The number of nitrogens with one attached hydrogen (secondary N) is 1. The molecule has 0 unspecified atom stereocenters. The van der Waals surface area contributed by atoms with Crippen molar-refractivity contribution in [3.63, 3.8) is 0 Å². The first-order valence-corrected chi connectivity index (χ1v) is 7.89. The average molecular weight is 326 g/mol. The summed E-state index contributed by atoms with van der Waals surface area (Å²) in [6.07, 6.45) is 1.62. The van der Waals surface area contributed by atoms with Gasteiger partial charge in [-0.05, 0) is 11.1 Å². The Morgan fingerprint density at radius 2 is 1.32 bits per heavy atom. The van der Waals surface area contributed by atoms with Gasteiger partial charge in [-0.3, -0.25) is 9.05 Å². The zero-order valence-electron chi connectivity index (χ0n) is 11.3. The third kappa shape index (κ3) is 6.33. The van der Waals surface area contributed by atoms with Crippen molar-refractivity contribution in [1.29, 1.82) is 5.26 Å². The standard InChI is InChI=1S/C15H15N2O3P.Na.H/c16-13-17-21(18,19-11-14-7-3-1-4-8-14)20-12-15-9-5-2-6-10-15;;/h1-10H,11-12H2,(H,17,18);;. The Morgan fingerprint density at radius 3 is 1.68 bits per heavy atom. The monoisotopic (exact) mass is 326 g/mol. The summed E-state index contributed by atoms with van der Waals surface area (Å²) in [5, 5.41) is 10.8. The van der Waals surface area contributed by atoms with E-state index in [0.29, 0.717) is 0 Å². The van der Waals surface area contributed by atoms with Crippen LogP contribution in [-0.2, 0) is 26.8 Å². The van der Waals surface area contributed by atoms with Crippen molar-refractivity contribution in [2.24, 2.45) is 0 Å². The maximum absolute atomic E-state index is 12.4. The fourth-order valence-corrected chi connectivity index (χ4v) is 2.59. The third-order valence-corrected chi connectivity index (χ3v) is 3.99. The molecule has 0 aliphatic heterocycles. The van der Waals surface area contributed by atoms with Crippen LogP contribution in [0, 0.1) is 11.5 Å². The van der Waals surface area contributed by atoms with Gasteiger partial charge in [0.05, 0.1) is 13.2 Å². The van der Waals surface area contributed by atoms with E-state index in [2.05, 4.69) is 5.09 Å². The van der Waals surface area contributed by atoms with E-state index in [1.54, 1.807) is 6.19 Å². The molecule has 0 aliphatic carbocycles. The molecule has 2 rings (SSSR count). The molecule has 7 heteroatoms. The molecule has 0 spiro atoms. The van der Waals surface area contributed by atoms with Crippen LogP contribution in [0.25, 0.3) is 0 Å². The van der Waals surface area contributed by atoms with E-state index >= 15 is 0 Å². The van der Waals surface area contributed by atoms with Gasteiger partial charge in [0.2, 0.25) is 0 Å². The van der Waals surface area contributed by atoms with E-state index in [1.807, 2.05) is 60.7 Å². The van der Waals surface area contributed by atoms with Gasteiger partial charge in [-0.15, -0.1) is 0 Å². The number of nitriles is 1. The molecule has 0 radical (unpaired) electrons. The second kappa shape index (κ2) is 9.81. The summed E-state index contributed by atoms with van der Waals surface area (Å²) in [4.78, 5) is 0. The van der Waals surface area contributed by atoms with Crippen LogP contribution in [0.1, 0.15) is 11.1 Å². The third-order valence-electron chi connectivity index (χ3n) is 2.67. The molecule has 2 aromatic carbocycles. The van der Waals surface area contributed by atoms with E-state index in [-0.39, 0.29) is 42.8 Å². The fraction of sp³-hybridized carbons (Fsp3) is 0.133. The van der Waals surface area contributed by atoms with Gasteiger partial charge in [-0.2, -0.15) is 5.26 Å².